The van der Waals surface area contributed by atoms with Crippen LogP contribution in [0.1, 0.15) is 29.9 Å². The zero-order valence-corrected chi connectivity index (χ0v) is 16.9. The summed E-state index contributed by atoms with van der Waals surface area (Å²) in [6.45, 7) is 8.06. The summed E-state index contributed by atoms with van der Waals surface area (Å²) < 4.78 is 13.7. The lowest BCUT2D eigenvalue weighted by molar-refractivity contribution is 0.102. The molecule has 6 heteroatoms. The number of benzene rings is 2. The van der Waals surface area contributed by atoms with Crippen molar-refractivity contribution in [3.8, 4) is 0 Å². The highest BCUT2D eigenvalue weighted by Gasteiger charge is 2.11. The average molecular weight is 392 g/mol. The van der Waals surface area contributed by atoms with Gasteiger partial charge in [0.2, 0.25) is 0 Å². The second-order valence-electron chi connectivity index (χ2n) is 6.66. The Balaban J connectivity index is 1.69. The molecule has 1 heterocycles. The predicted molar refractivity (Wildman–Crippen MR) is 117 cm³/mol. The van der Waals surface area contributed by atoms with E-state index in [-0.39, 0.29) is 17.4 Å². The largest absolute Gasteiger partial charge is 0.372 e. The maximum Gasteiger partial charge on any atom is 0.274 e. The standard InChI is InChI=1S/C23H25FN4O/c1-4-28(5-2)18-11-13-20(16(3)14-18)27-23(29)22-12-10-17(15-25-22)26-21-9-7-6-8-19(21)24/h6-15,26H,4-5H2,1-3H3,(H,27,29). The van der Waals surface area contributed by atoms with E-state index in [1.807, 2.05) is 19.1 Å². The lowest BCUT2D eigenvalue weighted by atomic mass is 10.1. The Morgan fingerprint density at radius 3 is 2.41 bits per heavy atom. The summed E-state index contributed by atoms with van der Waals surface area (Å²) in [5.74, 6) is -0.640. The van der Waals surface area contributed by atoms with Crippen LogP contribution in [0, 0.1) is 12.7 Å². The first-order chi connectivity index (χ1) is 14.0. The van der Waals surface area contributed by atoms with Crippen LogP contribution in [0.4, 0.5) is 27.1 Å². The third-order valence-electron chi connectivity index (χ3n) is 4.74. The number of anilines is 4. The van der Waals surface area contributed by atoms with Crippen LogP contribution in [-0.2, 0) is 0 Å². The molecule has 5 nitrogen and oxygen atoms in total. The first kappa shape index (κ1) is 20.3. The monoisotopic (exact) mass is 392 g/mol. The predicted octanol–water partition coefficient (Wildman–Crippen LogP) is 5.37. The first-order valence-electron chi connectivity index (χ1n) is 9.66. The molecule has 1 aromatic heterocycles. The Kier molecular flexibility index (Phi) is 6.44. The van der Waals surface area contributed by atoms with E-state index in [1.54, 1.807) is 30.3 Å². The summed E-state index contributed by atoms with van der Waals surface area (Å²) in [5.41, 5.74) is 4.12. The Hall–Kier alpha value is -3.41. The molecule has 0 aliphatic rings. The highest BCUT2D eigenvalue weighted by Crippen LogP contribution is 2.23. The van der Waals surface area contributed by atoms with Gasteiger partial charge in [-0.2, -0.15) is 0 Å². The van der Waals surface area contributed by atoms with Crippen molar-refractivity contribution in [3.63, 3.8) is 0 Å². The van der Waals surface area contributed by atoms with Gasteiger partial charge in [-0.05, 0) is 68.8 Å². The van der Waals surface area contributed by atoms with Gasteiger partial charge in [0.1, 0.15) is 11.5 Å². The number of amides is 1. The normalized spacial score (nSPS) is 10.5. The summed E-state index contributed by atoms with van der Waals surface area (Å²) in [4.78, 5) is 19.0. The van der Waals surface area contributed by atoms with Crippen LogP contribution in [-0.4, -0.2) is 24.0 Å². The zero-order valence-electron chi connectivity index (χ0n) is 16.9. The van der Waals surface area contributed by atoms with Crippen molar-refractivity contribution >= 4 is 28.7 Å². The zero-order chi connectivity index (χ0) is 20.8. The average Bonchev–Trinajstić information content (AvgIpc) is 2.73. The lowest BCUT2D eigenvalue weighted by Crippen LogP contribution is -2.22. The van der Waals surface area contributed by atoms with Crippen molar-refractivity contribution in [1.29, 1.82) is 0 Å². The van der Waals surface area contributed by atoms with E-state index >= 15 is 0 Å². The molecular formula is C23H25FN4O. The molecule has 2 N–H and O–H groups in total. The van der Waals surface area contributed by atoms with E-state index in [0.717, 1.165) is 30.0 Å². The quantitative estimate of drug-likeness (QED) is 0.567. The summed E-state index contributed by atoms with van der Waals surface area (Å²) in [7, 11) is 0. The molecule has 0 unspecified atom stereocenters. The fourth-order valence-electron chi connectivity index (χ4n) is 3.08. The molecule has 29 heavy (non-hydrogen) atoms. The molecule has 0 aliphatic carbocycles. The Morgan fingerprint density at radius 2 is 1.79 bits per heavy atom. The van der Waals surface area contributed by atoms with Crippen LogP contribution in [0.3, 0.4) is 0 Å². The number of pyridine rings is 1. The van der Waals surface area contributed by atoms with Crippen LogP contribution >= 0.6 is 0 Å². The summed E-state index contributed by atoms with van der Waals surface area (Å²) in [6, 6.07) is 15.7. The van der Waals surface area contributed by atoms with Gasteiger partial charge in [-0.15, -0.1) is 0 Å². The topological polar surface area (TPSA) is 57.3 Å². The van der Waals surface area contributed by atoms with E-state index in [4.69, 9.17) is 0 Å². The number of carbonyl (C=O) groups excluding carboxylic acids is 1. The minimum Gasteiger partial charge on any atom is -0.372 e. The molecule has 0 saturated carbocycles. The molecule has 0 radical (unpaired) electrons. The molecule has 0 saturated heterocycles. The van der Waals surface area contributed by atoms with Gasteiger partial charge in [-0.1, -0.05) is 12.1 Å². The van der Waals surface area contributed by atoms with Gasteiger partial charge < -0.3 is 15.5 Å². The van der Waals surface area contributed by atoms with Crippen molar-refractivity contribution in [2.75, 3.05) is 28.6 Å². The van der Waals surface area contributed by atoms with Crippen LogP contribution < -0.4 is 15.5 Å². The third-order valence-corrected chi connectivity index (χ3v) is 4.74. The SMILES string of the molecule is CCN(CC)c1ccc(NC(=O)c2ccc(Nc3ccccc3F)cn2)c(C)c1. The number of halogens is 1. The minimum atomic E-state index is -0.349. The Labute approximate surface area is 170 Å². The number of aromatic nitrogens is 1. The number of carbonyl (C=O) groups is 1. The van der Waals surface area contributed by atoms with Gasteiger partial charge in [0.25, 0.3) is 5.91 Å². The minimum absolute atomic E-state index is 0.288. The maximum atomic E-state index is 13.7. The van der Waals surface area contributed by atoms with E-state index < -0.39 is 0 Å². The second-order valence-corrected chi connectivity index (χ2v) is 6.66. The van der Waals surface area contributed by atoms with Gasteiger partial charge in [-0.3, -0.25) is 4.79 Å². The number of aryl methyl sites for hydroxylation is 1. The molecular weight excluding hydrogens is 367 g/mol. The molecule has 150 valence electrons. The first-order valence-corrected chi connectivity index (χ1v) is 9.66. The summed E-state index contributed by atoms with van der Waals surface area (Å²) in [6.07, 6.45) is 1.51. The highest BCUT2D eigenvalue weighted by molar-refractivity contribution is 6.03. The molecule has 0 spiro atoms. The van der Waals surface area contributed by atoms with Crippen molar-refractivity contribution < 1.29 is 9.18 Å². The van der Waals surface area contributed by atoms with Crippen LogP contribution in [0.5, 0.6) is 0 Å². The molecule has 0 fully saturated rings. The molecule has 0 atom stereocenters. The van der Waals surface area contributed by atoms with Gasteiger partial charge in [0.15, 0.2) is 0 Å². The summed E-state index contributed by atoms with van der Waals surface area (Å²) in [5, 5.41) is 5.86. The highest BCUT2D eigenvalue weighted by atomic mass is 19.1. The molecule has 1 amide bonds. The Bertz CT molecular complexity index is 984. The van der Waals surface area contributed by atoms with Crippen molar-refractivity contribution in [1.82, 2.24) is 4.98 Å². The fourth-order valence-corrected chi connectivity index (χ4v) is 3.08. The van der Waals surface area contributed by atoms with E-state index in [9.17, 15) is 9.18 Å². The maximum absolute atomic E-state index is 13.7. The van der Waals surface area contributed by atoms with E-state index in [2.05, 4.69) is 40.4 Å². The second kappa shape index (κ2) is 9.19. The lowest BCUT2D eigenvalue weighted by Gasteiger charge is -2.22. The molecule has 3 rings (SSSR count). The van der Waals surface area contributed by atoms with Crippen LogP contribution in [0.2, 0.25) is 0 Å². The number of para-hydroxylation sites is 1. The molecule has 0 bridgehead atoms. The number of nitrogens with one attached hydrogen (secondary N) is 2. The fraction of sp³-hybridized carbons (Fsp3) is 0.217. The number of nitrogens with zero attached hydrogens (tertiary/aromatic N) is 2. The van der Waals surface area contributed by atoms with Crippen molar-refractivity contribution in [2.45, 2.75) is 20.8 Å². The number of hydrogen-bond donors (Lipinski definition) is 2. The Morgan fingerprint density at radius 1 is 1.03 bits per heavy atom. The smallest absolute Gasteiger partial charge is 0.274 e. The molecule has 0 aliphatic heterocycles. The molecule has 3 aromatic rings. The number of rotatable bonds is 7. The van der Waals surface area contributed by atoms with Crippen LogP contribution in [0.15, 0.2) is 60.8 Å². The summed E-state index contributed by atoms with van der Waals surface area (Å²) >= 11 is 0. The van der Waals surface area contributed by atoms with Gasteiger partial charge in [0, 0.05) is 24.5 Å². The number of hydrogen-bond acceptors (Lipinski definition) is 4. The van der Waals surface area contributed by atoms with Gasteiger partial charge in [0.05, 0.1) is 17.6 Å². The molecule has 2 aromatic carbocycles. The van der Waals surface area contributed by atoms with E-state index in [1.165, 1.54) is 12.3 Å². The third kappa shape index (κ3) is 4.90. The van der Waals surface area contributed by atoms with Crippen molar-refractivity contribution in [2.24, 2.45) is 0 Å². The van der Waals surface area contributed by atoms with Crippen molar-refractivity contribution in [3.05, 3.63) is 77.9 Å². The van der Waals surface area contributed by atoms with E-state index in [0.29, 0.717) is 11.4 Å². The van der Waals surface area contributed by atoms with Gasteiger partial charge in [-0.25, -0.2) is 9.37 Å². The van der Waals surface area contributed by atoms with Crippen LogP contribution in [0.25, 0.3) is 0 Å². The van der Waals surface area contributed by atoms with Gasteiger partial charge >= 0.3 is 0 Å².